The van der Waals surface area contributed by atoms with E-state index in [-0.39, 0.29) is 0 Å². The van der Waals surface area contributed by atoms with E-state index in [1.165, 1.54) is 0 Å². The third kappa shape index (κ3) is 2.44. The fraction of sp³-hybridized carbons (Fsp3) is 0.118. The average molecular weight is 296 g/mol. The molecule has 4 heteroatoms. The third-order valence-electron chi connectivity index (χ3n) is 3.54. The van der Waals surface area contributed by atoms with E-state index in [0.717, 1.165) is 27.7 Å². The highest BCUT2D eigenvalue weighted by molar-refractivity contribution is 7.80. The number of aromatic nitrogens is 1. The number of hydrogen-bond acceptors (Lipinski definition) is 2. The molecule has 1 N–H and O–H groups in total. The minimum atomic E-state index is 0.632. The Balaban J connectivity index is 2.27. The predicted molar refractivity (Wildman–Crippen MR) is 90.2 cm³/mol. The Morgan fingerprint density at radius 3 is 2.43 bits per heavy atom. The van der Waals surface area contributed by atoms with Crippen LogP contribution in [0.1, 0.15) is 5.69 Å². The second-order valence-corrected chi connectivity index (χ2v) is 5.16. The lowest BCUT2D eigenvalue weighted by atomic mass is 10.0. The molecule has 0 amide bonds. The van der Waals surface area contributed by atoms with Crippen molar-refractivity contribution in [2.24, 2.45) is 0 Å². The van der Waals surface area contributed by atoms with Crippen molar-refractivity contribution in [1.82, 2.24) is 10.0 Å². The maximum absolute atomic E-state index is 5.54. The molecule has 0 saturated carbocycles. The summed E-state index contributed by atoms with van der Waals surface area (Å²) >= 11 is 5.54. The van der Waals surface area contributed by atoms with Gasteiger partial charge in [0.15, 0.2) is 4.99 Å². The summed E-state index contributed by atoms with van der Waals surface area (Å²) in [7, 11) is 3.42. The molecule has 106 valence electrons. The molecule has 1 heterocycles. The minimum absolute atomic E-state index is 0.632. The number of rotatable bonds is 3. The lowest BCUT2D eigenvalue weighted by Crippen LogP contribution is -2.25. The first-order valence-corrected chi connectivity index (χ1v) is 7.11. The highest BCUT2D eigenvalue weighted by atomic mass is 32.1. The summed E-state index contributed by atoms with van der Waals surface area (Å²) in [6, 6.07) is 18.5. The van der Waals surface area contributed by atoms with E-state index < -0.39 is 0 Å². The first-order valence-electron chi connectivity index (χ1n) is 6.70. The van der Waals surface area contributed by atoms with E-state index in [9.17, 15) is 0 Å². The zero-order valence-electron chi connectivity index (χ0n) is 12.0. The quantitative estimate of drug-likeness (QED) is 0.585. The number of H-pyrrole nitrogens is 1. The van der Waals surface area contributed by atoms with Crippen molar-refractivity contribution in [2.45, 2.75) is 0 Å². The van der Waals surface area contributed by atoms with Gasteiger partial charge in [0.2, 0.25) is 0 Å². The molecule has 0 aliphatic heterocycles. The number of hydrogen-bond donors (Lipinski definition) is 1. The molecular formula is C17H16N2OS. The molecule has 0 spiro atoms. The van der Waals surface area contributed by atoms with Crippen molar-refractivity contribution in [3.8, 4) is 11.1 Å². The van der Waals surface area contributed by atoms with Gasteiger partial charge in [0.25, 0.3) is 0 Å². The van der Waals surface area contributed by atoms with Crippen LogP contribution in [0.3, 0.4) is 0 Å². The van der Waals surface area contributed by atoms with Gasteiger partial charge < -0.3 is 4.98 Å². The molecule has 0 bridgehead atoms. The molecule has 0 radical (unpaired) electrons. The van der Waals surface area contributed by atoms with Crippen LogP contribution in [0.2, 0.25) is 0 Å². The van der Waals surface area contributed by atoms with Crippen molar-refractivity contribution in [1.29, 1.82) is 0 Å². The highest BCUT2D eigenvalue weighted by Gasteiger charge is 2.18. The van der Waals surface area contributed by atoms with Crippen LogP contribution >= 0.6 is 12.2 Å². The van der Waals surface area contributed by atoms with Gasteiger partial charge in [-0.2, -0.15) is 0 Å². The molecule has 0 atom stereocenters. The molecule has 0 unspecified atom stereocenters. The van der Waals surface area contributed by atoms with Crippen LogP contribution in [-0.2, 0) is 4.84 Å². The molecule has 0 saturated heterocycles. The zero-order chi connectivity index (χ0) is 14.8. The van der Waals surface area contributed by atoms with Crippen molar-refractivity contribution in [3.63, 3.8) is 0 Å². The normalized spacial score (nSPS) is 10.8. The second kappa shape index (κ2) is 5.68. The maximum atomic E-state index is 5.54. The fourth-order valence-electron chi connectivity index (χ4n) is 2.45. The number of fused-ring (bicyclic) bond motifs is 1. The minimum Gasteiger partial charge on any atom is -0.352 e. The van der Waals surface area contributed by atoms with E-state index in [1.54, 1.807) is 12.2 Å². The summed E-state index contributed by atoms with van der Waals surface area (Å²) in [6.45, 7) is 0. The van der Waals surface area contributed by atoms with Crippen molar-refractivity contribution in [3.05, 3.63) is 60.3 Å². The smallest absolute Gasteiger partial charge is 0.150 e. The van der Waals surface area contributed by atoms with Gasteiger partial charge in [-0.25, -0.2) is 5.06 Å². The molecule has 1 aromatic heterocycles. The molecule has 0 fully saturated rings. The summed E-state index contributed by atoms with van der Waals surface area (Å²) < 4.78 is 0. The summed E-state index contributed by atoms with van der Waals surface area (Å²) in [6.07, 6.45) is 0. The molecule has 2 aromatic carbocycles. The molecule has 3 rings (SSSR count). The standard InChI is InChI=1S/C17H16N2OS/c1-19(20-2)17(21)16-15(12-8-4-3-5-9-12)13-10-6-7-11-14(13)18-16/h3-11,18H,1-2H3. The van der Waals surface area contributed by atoms with Crippen LogP contribution in [-0.4, -0.2) is 29.2 Å². The number of benzene rings is 2. The molecular weight excluding hydrogens is 280 g/mol. The number of nitrogens with one attached hydrogen (secondary N) is 1. The third-order valence-corrected chi connectivity index (χ3v) is 4.00. The Morgan fingerprint density at radius 2 is 1.71 bits per heavy atom. The monoisotopic (exact) mass is 296 g/mol. The van der Waals surface area contributed by atoms with Crippen LogP contribution in [0.5, 0.6) is 0 Å². The molecule has 3 aromatic rings. The Hall–Kier alpha value is -2.17. The zero-order valence-corrected chi connectivity index (χ0v) is 12.8. The second-order valence-electron chi connectivity index (χ2n) is 4.77. The lowest BCUT2D eigenvalue weighted by Gasteiger charge is -2.17. The SMILES string of the molecule is CON(C)C(=S)c1[nH]c2ccccc2c1-c1ccccc1. The van der Waals surface area contributed by atoms with Gasteiger partial charge in [-0.15, -0.1) is 0 Å². The topological polar surface area (TPSA) is 28.3 Å². The summed E-state index contributed by atoms with van der Waals surface area (Å²) in [4.78, 5) is 9.27. The van der Waals surface area contributed by atoms with Crippen LogP contribution in [0.4, 0.5) is 0 Å². The van der Waals surface area contributed by atoms with E-state index >= 15 is 0 Å². The van der Waals surface area contributed by atoms with Crippen molar-refractivity contribution < 1.29 is 4.84 Å². The number of thiocarbonyl (C=S) groups is 1. The van der Waals surface area contributed by atoms with Gasteiger partial charge in [0, 0.05) is 23.5 Å². The van der Waals surface area contributed by atoms with Crippen LogP contribution in [0.25, 0.3) is 22.0 Å². The first kappa shape index (κ1) is 13.8. The number of aromatic amines is 1. The van der Waals surface area contributed by atoms with E-state index in [1.807, 2.05) is 37.4 Å². The highest BCUT2D eigenvalue weighted by Crippen LogP contribution is 2.33. The lowest BCUT2D eigenvalue weighted by molar-refractivity contribution is -0.0386. The van der Waals surface area contributed by atoms with Crippen LogP contribution in [0, 0.1) is 0 Å². The number of nitrogens with zero attached hydrogens (tertiary/aromatic N) is 1. The Kier molecular flexibility index (Phi) is 3.73. The Labute approximate surface area is 129 Å². The largest absolute Gasteiger partial charge is 0.352 e. The molecule has 21 heavy (non-hydrogen) atoms. The molecule has 0 aliphatic rings. The number of hydroxylamine groups is 2. The summed E-state index contributed by atoms with van der Waals surface area (Å²) in [5.41, 5.74) is 4.22. The summed E-state index contributed by atoms with van der Waals surface area (Å²) in [5.74, 6) is 0. The van der Waals surface area contributed by atoms with Crippen LogP contribution < -0.4 is 0 Å². The van der Waals surface area contributed by atoms with E-state index in [2.05, 4.69) is 29.2 Å². The first-order chi connectivity index (χ1) is 10.2. The van der Waals surface area contributed by atoms with Gasteiger partial charge in [0.05, 0.1) is 12.8 Å². The Bertz CT molecular complexity index is 780. The van der Waals surface area contributed by atoms with Gasteiger partial charge in [-0.05, 0) is 11.6 Å². The predicted octanol–water partition coefficient (Wildman–Crippen LogP) is 4.00. The summed E-state index contributed by atoms with van der Waals surface area (Å²) in [5, 5.41) is 2.75. The van der Waals surface area contributed by atoms with Gasteiger partial charge in [0.1, 0.15) is 0 Å². The van der Waals surface area contributed by atoms with Crippen molar-refractivity contribution >= 4 is 28.1 Å². The fourth-order valence-corrected chi connectivity index (χ4v) is 2.68. The number of para-hydroxylation sites is 1. The van der Waals surface area contributed by atoms with E-state index in [0.29, 0.717) is 4.99 Å². The van der Waals surface area contributed by atoms with Crippen molar-refractivity contribution in [2.75, 3.05) is 14.2 Å². The van der Waals surface area contributed by atoms with E-state index in [4.69, 9.17) is 17.1 Å². The Morgan fingerprint density at radius 1 is 1.05 bits per heavy atom. The van der Waals surface area contributed by atoms with Gasteiger partial charge in [-0.1, -0.05) is 60.7 Å². The molecule has 0 aliphatic carbocycles. The van der Waals surface area contributed by atoms with Gasteiger partial charge in [-0.3, -0.25) is 4.84 Å². The average Bonchev–Trinajstić information content (AvgIpc) is 2.93. The molecule has 3 nitrogen and oxygen atoms in total. The van der Waals surface area contributed by atoms with Crippen LogP contribution in [0.15, 0.2) is 54.6 Å². The maximum Gasteiger partial charge on any atom is 0.150 e. The van der Waals surface area contributed by atoms with Gasteiger partial charge >= 0.3 is 0 Å².